The molecule has 1 aliphatic carbocycles. The number of ether oxygens (including phenoxy) is 1. The quantitative estimate of drug-likeness (QED) is 0.765. The molecule has 0 aromatic heterocycles. The number of esters is 1. The second-order valence-corrected chi connectivity index (χ2v) is 7.13. The van der Waals surface area contributed by atoms with E-state index >= 15 is 0 Å². The number of hydrogen-bond donors (Lipinski definition) is 1. The first-order chi connectivity index (χ1) is 10.0. The fraction of sp³-hybridized carbons (Fsp3) is 0.941. The molecule has 1 saturated carbocycles. The molecule has 0 aromatic rings. The topological polar surface area (TPSA) is 41.6 Å². The Morgan fingerprint density at radius 1 is 1.19 bits per heavy atom. The summed E-state index contributed by atoms with van der Waals surface area (Å²) >= 11 is 0. The monoisotopic (exact) mass is 296 g/mol. The van der Waals surface area contributed by atoms with E-state index in [1.54, 1.807) is 0 Å². The van der Waals surface area contributed by atoms with Crippen LogP contribution < -0.4 is 5.32 Å². The first kappa shape index (κ1) is 16.8. The fourth-order valence-electron chi connectivity index (χ4n) is 3.93. The van der Waals surface area contributed by atoms with Gasteiger partial charge in [-0.25, -0.2) is 0 Å². The summed E-state index contributed by atoms with van der Waals surface area (Å²) in [4.78, 5) is 14.5. The molecule has 1 saturated heterocycles. The van der Waals surface area contributed by atoms with Crippen molar-refractivity contribution in [3.05, 3.63) is 0 Å². The number of hydrogen-bond acceptors (Lipinski definition) is 4. The van der Waals surface area contributed by atoms with E-state index in [-0.39, 0.29) is 12.0 Å². The van der Waals surface area contributed by atoms with Crippen LogP contribution in [0.1, 0.15) is 59.3 Å². The van der Waals surface area contributed by atoms with Crippen LogP contribution in [-0.4, -0.2) is 49.2 Å². The summed E-state index contributed by atoms with van der Waals surface area (Å²) in [6.07, 6.45) is 8.30. The summed E-state index contributed by atoms with van der Waals surface area (Å²) in [6, 6.07) is 0.105. The van der Waals surface area contributed by atoms with Crippen LogP contribution in [0.5, 0.6) is 0 Å². The smallest absolute Gasteiger partial charge is 0.324 e. The Morgan fingerprint density at radius 2 is 1.81 bits per heavy atom. The van der Waals surface area contributed by atoms with Gasteiger partial charge in [0.05, 0.1) is 6.61 Å². The van der Waals surface area contributed by atoms with Crippen LogP contribution in [0.2, 0.25) is 0 Å². The number of rotatable bonds is 6. The van der Waals surface area contributed by atoms with Gasteiger partial charge in [-0.2, -0.15) is 0 Å². The zero-order chi connectivity index (χ0) is 15.3. The zero-order valence-corrected chi connectivity index (χ0v) is 14.0. The van der Waals surface area contributed by atoms with Crippen LogP contribution in [0.3, 0.4) is 0 Å². The highest BCUT2D eigenvalue weighted by atomic mass is 16.5. The lowest BCUT2D eigenvalue weighted by Crippen LogP contribution is -2.51. The van der Waals surface area contributed by atoms with Gasteiger partial charge in [0.1, 0.15) is 6.04 Å². The van der Waals surface area contributed by atoms with Crippen molar-refractivity contribution in [1.29, 1.82) is 0 Å². The highest BCUT2D eigenvalue weighted by Gasteiger charge is 2.37. The van der Waals surface area contributed by atoms with E-state index in [2.05, 4.69) is 24.1 Å². The highest BCUT2D eigenvalue weighted by molar-refractivity contribution is 5.76. The molecule has 2 rings (SSSR count). The number of carbonyl (C=O) groups is 1. The molecule has 4 nitrogen and oxygen atoms in total. The molecule has 1 heterocycles. The number of piperidine rings is 1. The van der Waals surface area contributed by atoms with E-state index in [9.17, 15) is 4.79 Å². The van der Waals surface area contributed by atoms with E-state index in [0.717, 1.165) is 19.6 Å². The molecule has 0 radical (unpaired) electrons. The molecule has 0 bridgehead atoms. The van der Waals surface area contributed by atoms with Crippen molar-refractivity contribution in [1.82, 2.24) is 10.2 Å². The second kappa shape index (κ2) is 7.59. The average molecular weight is 296 g/mol. The largest absolute Gasteiger partial charge is 0.465 e. The lowest BCUT2D eigenvalue weighted by molar-refractivity contribution is -0.146. The van der Waals surface area contributed by atoms with Crippen LogP contribution in [0.25, 0.3) is 0 Å². The molecule has 4 heteroatoms. The molecular weight excluding hydrogens is 264 g/mol. The number of likely N-dealkylation sites (tertiary alicyclic amines) is 1. The molecular formula is C17H32N2O2. The van der Waals surface area contributed by atoms with E-state index in [1.807, 2.05) is 6.92 Å². The minimum Gasteiger partial charge on any atom is -0.465 e. The molecule has 0 aromatic carbocycles. The Kier molecular flexibility index (Phi) is 6.06. The normalized spacial score (nSPS) is 23.6. The van der Waals surface area contributed by atoms with Gasteiger partial charge in [-0.15, -0.1) is 0 Å². The first-order valence-electron chi connectivity index (χ1n) is 8.70. The van der Waals surface area contributed by atoms with Gasteiger partial charge < -0.3 is 15.0 Å². The maximum Gasteiger partial charge on any atom is 0.324 e. The van der Waals surface area contributed by atoms with Crippen molar-refractivity contribution in [2.45, 2.75) is 71.4 Å². The Balaban J connectivity index is 1.84. The van der Waals surface area contributed by atoms with Crippen LogP contribution in [0.15, 0.2) is 0 Å². The van der Waals surface area contributed by atoms with Gasteiger partial charge >= 0.3 is 5.97 Å². The van der Waals surface area contributed by atoms with Gasteiger partial charge in [-0.3, -0.25) is 4.79 Å². The molecule has 1 spiro atoms. The van der Waals surface area contributed by atoms with Gasteiger partial charge in [-0.1, -0.05) is 26.7 Å². The maximum atomic E-state index is 12.1. The molecule has 21 heavy (non-hydrogen) atoms. The summed E-state index contributed by atoms with van der Waals surface area (Å²) in [5, 5.41) is 3.36. The third-order valence-corrected chi connectivity index (χ3v) is 5.13. The summed E-state index contributed by atoms with van der Waals surface area (Å²) in [5.74, 6) is -0.104. The van der Waals surface area contributed by atoms with Gasteiger partial charge in [0, 0.05) is 12.6 Å². The number of nitrogens with zero attached hydrogens (tertiary/aromatic N) is 1. The van der Waals surface area contributed by atoms with Crippen molar-refractivity contribution in [3.8, 4) is 0 Å². The molecule has 0 amide bonds. The Hall–Kier alpha value is -0.610. The van der Waals surface area contributed by atoms with Crippen molar-refractivity contribution < 1.29 is 9.53 Å². The Bertz CT molecular complexity index is 328. The Morgan fingerprint density at radius 3 is 2.33 bits per heavy atom. The summed E-state index contributed by atoms with van der Waals surface area (Å²) in [6.45, 7) is 9.54. The average Bonchev–Trinajstić information content (AvgIpc) is 2.89. The number of carbonyl (C=O) groups excluding carboxylic acids is 1. The second-order valence-electron chi connectivity index (χ2n) is 7.13. The van der Waals surface area contributed by atoms with E-state index in [1.165, 1.54) is 38.5 Å². The predicted octanol–water partition coefficient (Wildman–Crippen LogP) is 2.57. The van der Waals surface area contributed by atoms with E-state index in [4.69, 9.17) is 4.74 Å². The maximum absolute atomic E-state index is 12.1. The van der Waals surface area contributed by atoms with Gasteiger partial charge in [-0.05, 0) is 51.1 Å². The van der Waals surface area contributed by atoms with Gasteiger partial charge in [0.2, 0.25) is 0 Å². The fourth-order valence-corrected chi connectivity index (χ4v) is 3.93. The summed E-state index contributed by atoms with van der Waals surface area (Å²) in [5.41, 5.74) is 0.640. The van der Waals surface area contributed by atoms with Crippen LogP contribution in [-0.2, 0) is 9.53 Å². The first-order valence-corrected chi connectivity index (χ1v) is 8.70. The standard InChI is InChI=1S/C17H32N2O2/c1-4-21-16(20)15(18-14(2)3)13-19-11-9-17(10-12-19)7-5-6-8-17/h14-15,18H,4-13H2,1-3H3. The van der Waals surface area contributed by atoms with Crippen molar-refractivity contribution in [3.63, 3.8) is 0 Å². The molecule has 2 aliphatic rings. The molecule has 1 N–H and O–H groups in total. The summed E-state index contributed by atoms with van der Waals surface area (Å²) < 4.78 is 5.21. The third-order valence-electron chi connectivity index (χ3n) is 5.13. The van der Waals surface area contributed by atoms with Crippen molar-refractivity contribution >= 4 is 5.97 Å². The molecule has 1 atom stereocenters. The van der Waals surface area contributed by atoms with Crippen molar-refractivity contribution in [2.24, 2.45) is 5.41 Å². The minimum absolute atomic E-state index is 0.104. The third kappa shape index (κ3) is 4.68. The van der Waals surface area contributed by atoms with Crippen LogP contribution >= 0.6 is 0 Å². The van der Waals surface area contributed by atoms with Gasteiger partial charge in [0.25, 0.3) is 0 Å². The van der Waals surface area contributed by atoms with Crippen LogP contribution in [0, 0.1) is 5.41 Å². The van der Waals surface area contributed by atoms with E-state index in [0.29, 0.717) is 18.1 Å². The molecule has 122 valence electrons. The SMILES string of the molecule is CCOC(=O)C(CN1CCC2(CCCC2)CC1)NC(C)C. The lowest BCUT2D eigenvalue weighted by Gasteiger charge is -2.40. The molecule has 1 unspecified atom stereocenters. The predicted molar refractivity (Wildman–Crippen MR) is 85.3 cm³/mol. The van der Waals surface area contributed by atoms with Crippen molar-refractivity contribution in [2.75, 3.05) is 26.2 Å². The Labute approximate surface area is 129 Å². The zero-order valence-electron chi connectivity index (χ0n) is 14.0. The number of nitrogens with one attached hydrogen (secondary N) is 1. The van der Waals surface area contributed by atoms with E-state index < -0.39 is 0 Å². The molecule has 2 fully saturated rings. The van der Waals surface area contributed by atoms with Gasteiger partial charge in [0.15, 0.2) is 0 Å². The van der Waals surface area contributed by atoms with Crippen LogP contribution in [0.4, 0.5) is 0 Å². The summed E-state index contributed by atoms with van der Waals surface area (Å²) in [7, 11) is 0. The lowest BCUT2D eigenvalue weighted by atomic mass is 9.77. The molecule has 1 aliphatic heterocycles. The minimum atomic E-state index is -0.192. The highest BCUT2D eigenvalue weighted by Crippen LogP contribution is 2.46.